The van der Waals surface area contributed by atoms with Gasteiger partial charge in [-0.25, -0.2) is 9.97 Å². The van der Waals surface area contributed by atoms with Crippen molar-refractivity contribution in [3.8, 4) is 6.19 Å². The van der Waals surface area contributed by atoms with E-state index in [1.54, 1.807) is 13.1 Å². The number of nitrogens with zero attached hydrogens (tertiary/aromatic N) is 4. The summed E-state index contributed by atoms with van der Waals surface area (Å²) >= 11 is 0. The van der Waals surface area contributed by atoms with E-state index in [1.165, 1.54) is 4.90 Å². The molecular weight excluding hydrogens is 202 g/mol. The minimum Gasteiger partial charge on any atom is -0.367 e. The van der Waals surface area contributed by atoms with Crippen LogP contribution < -0.4 is 10.2 Å². The van der Waals surface area contributed by atoms with Crippen LogP contribution in [0.1, 0.15) is 26.1 Å². The second-order valence-corrected chi connectivity index (χ2v) is 3.77. The molecule has 0 aliphatic heterocycles. The second kappa shape index (κ2) is 5.31. The summed E-state index contributed by atoms with van der Waals surface area (Å²) in [5.74, 6) is 2.03. The molecule has 0 amide bonds. The average molecular weight is 219 g/mol. The Morgan fingerprint density at radius 1 is 1.56 bits per heavy atom. The van der Waals surface area contributed by atoms with E-state index >= 15 is 0 Å². The van der Waals surface area contributed by atoms with Gasteiger partial charge < -0.3 is 5.32 Å². The molecule has 0 aliphatic carbocycles. The van der Waals surface area contributed by atoms with Gasteiger partial charge in [0.1, 0.15) is 17.5 Å². The maximum Gasteiger partial charge on any atom is 0.185 e. The van der Waals surface area contributed by atoms with Crippen LogP contribution in [0.4, 0.5) is 11.6 Å². The van der Waals surface area contributed by atoms with Crippen LogP contribution in [-0.4, -0.2) is 23.1 Å². The molecule has 86 valence electrons. The monoisotopic (exact) mass is 219 g/mol. The summed E-state index contributed by atoms with van der Waals surface area (Å²) < 4.78 is 0. The lowest BCUT2D eigenvalue weighted by atomic mass is 10.2. The zero-order chi connectivity index (χ0) is 12.1. The van der Waals surface area contributed by atoms with Gasteiger partial charge in [0.05, 0.1) is 0 Å². The molecule has 1 unspecified atom stereocenters. The standard InChI is InChI=1S/C11H17N5/c1-5-8(2)13-10-6-11(16(4)7-12)15-9(3)14-10/h6,8H,5H2,1-4H3,(H,13,14,15). The molecule has 16 heavy (non-hydrogen) atoms. The summed E-state index contributed by atoms with van der Waals surface area (Å²) in [4.78, 5) is 9.88. The van der Waals surface area contributed by atoms with E-state index in [0.717, 1.165) is 12.2 Å². The van der Waals surface area contributed by atoms with Crippen molar-refractivity contribution in [2.24, 2.45) is 0 Å². The third kappa shape index (κ3) is 3.09. The van der Waals surface area contributed by atoms with Crippen LogP contribution in [0.25, 0.3) is 0 Å². The van der Waals surface area contributed by atoms with Crippen LogP contribution in [0, 0.1) is 18.4 Å². The summed E-state index contributed by atoms with van der Waals surface area (Å²) in [5.41, 5.74) is 0. The Kier molecular flexibility index (Phi) is 4.06. The van der Waals surface area contributed by atoms with Gasteiger partial charge >= 0.3 is 0 Å². The van der Waals surface area contributed by atoms with Gasteiger partial charge in [-0.2, -0.15) is 5.26 Å². The Morgan fingerprint density at radius 3 is 2.81 bits per heavy atom. The molecule has 1 rings (SSSR count). The highest BCUT2D eigenvalue weighted by Crippen LogP contribution is 2.15. The number of aromatic nitrogens is 2. The van der Waals surface area contributed by atoms with E-state index in [-0.39, 0.29) is 0 Å². The SMILES string of the molecule is CCC(C)Nc1cc(N(C)C#N)nc(C)n1. The van der Waals surface area contributed by atoms with E-state index in [9.17, 15) is 0 Å². The molecule has 5 nitrogen and oxygen atoms in total. The Bertz CT molecular complexity index is 396. The minimum atomic E-state index is 0.356. The van der Waals surface area contributed by atoms with Gasteiger partial charge in [-0.3, -0.25) is 4.90 Å². The molecule has 0 bridgehead atoms. The van der Waals surface area contributed by atoms with Crippen molar-refractivity contribution >= 4 is 11.6 Å². The summed E-state index contributed by atoms with van der Waals surface area (Å²) in [5, 5.41) is 12.1. The van der Waals surface area contributed by atoms with Crippen molar-refractivity contribution in [1.29, 1.82) is 5.26 Å². The molecule has 0 aliphatic rings. The van der Waals surface area contributed by atoms with Crippen LogP contribution in [-0.2, 0) is 0 Å². The molecule has 5 heteroatoms. The van der Waals surface area contributed by atoms with Gasteiger partial charge in [0.15, 0.2) is 6.19 Å². The van der Waals surface area contributed by atoms with Crippen molar-refractivity contribution in [2.45, 2.75) is 33.2 Å². The predicted octanol–water partition coefficient (Wildman–Crippen LogP) is 1.91. The maximum atomic E-state index is 8.79. The Labute approximate surface area is 96.1 Å². The Hall–Kier alpha value is -1.83. The largest absolute Gasteiger partial charge is 0.367 e. The number of nitrogens with one attached hydrogen (secondary N) is 1. The predicted molar refractivity (Wildman–Crippen MR) is 64.2 cm³/mol. The average Bonchev–Trinajstić information content (AvgIpc) is 2.27. The van der Waals surface area contributed by atoms with Crippen molar-refractivity contribution in [3.05, 3.63) is 11.9 Å². The van der Waals surface area contributed by atoms with Crippen LogP contribution in [0.5, 0.6) is 0 Å². The minimum absolute atomic E-state index is 0.356. The van der Waals surface area contributed by atoms with Crippen LogP contribution in [0.2, 0.25) is 0 Å². The molecule has 0 spiro atoms. The number of rotatable bonds is 4. The fourth-order valence-corrected chi connectivity index (χ4v) is 1.20. The fraction of sp³-hybridized carbons (Fsp3) is 0.545. The number of aryl methyl sites for hydroxylation is 1. The Balaban J connectivity index is 2.95. The molecule has 1 atom stereocenters. The third-order valence-electron chi connectivity index (χ3n) is 2.32. The summed E-state index contributed by atoms with van der Waals surface area (Å²) in [7, 11) is 1.68. The first kappa shape index (κ1) is 12.2. The Morgan fingerprint density at radius 2 is 2.25 bits per heavy atom. The van der Waals surface area contributed by atoms with E-state index in [4.69, 9.17) is 5.26 Å². The molecular formula is C11H17N5. The molecule has 1 aromatic rings. The van der Waals surface area contributed by atoms with E-state index in [2.05, 4.69) is 29.1 Å². The fourth-order valence-electron chi connectivity index (χ4n) is 1.20. The highest BCUT2D eigenvalue weighted by atomic mass is 15.2. The second-order valence-electron chi connectivity index (χ2n) is 3.77. The van der Waals surface area contributed by atoms with E-state index < -0.39 is 0 Å². The van der Waals surface area contributed by atoms with Crippen LogP contribution >= 0.6 is 0 Å². The maximum absolute atomic E-state index is 8.79. The first-order valence-electron chi connectivity index (χ1n) is 5.32. The molecule has 1 aromatic heterocycles. The summed E-state index contributed by atoms with van der Waals surface area (Å²) in [6, 6.07) is 2.14. The molecule has 0 fully saturated rings. The van der Waals surface area contributed by atoms with Gasteiger partial charge in [-0.1, -0.05) is 6.92 Å². The van der Waals surface area contributed by atoms with Gasteiger partial charge in [0.2, 0.25) is 0 Å². The molecule has 1 N–H and O–H groups in total. The van der Waals surface area contributed by atoms with Crippen molar-refractivity contribution in [1.82, 2.24) is 9.97 Å². The first-order valence-corrected chi connectivity index (χ1v) is 5.32. The molecule has 0 aromatic carbocycles. The lowest BCUT2D eigenvalue weighted by Crippen LogP contribution is -2.17. The molecule has 1 heterocycles. The van der Waals surface area contributed by atoms with Gasteiger partial charge in [-0.15, -0.1) is 0 Å². The zero-order valence-electron chi connectivity index (χ0n) is 10.2. The lowest BCUT2D eigenvalue weighted by molar-refractivity contribution is 0.757. The number of hydrogen-bond acceptors (Lipinski definition) is 5. The normalized spacial score (nSPS) is 11.7. The number of anilines is 2. The highest BCUT2D eigenvalue weighted by Gasteiger charge is 2.07. The lowest BCUT2D eigenvalue weighted by Gasteiger charge is -2.15. The zero-order valence-corrected chi connectivity index (χ0v) is 10.2. The highest BCUT2D eigenvalue weighted by molar-refractivity contribution is 5.51. The van der Waals surface area contributed by atoms with Gasteiger partial charge in [0, 0.05) is 19.2 Å². The molecule has 0 saturated heterocycles. The smallest absolute Gasteiger partial charge is 0.185 e. The summed E-state index contributed by atoms with van der Waals surface area (Å²) in [6.45, 7) is 6.01. The van der Waals surface area contributed by atoms with Gasteiger partial charge in [0.25, 0.3) is 0 Å². The first-order chi connectivity index (χ1) is 7.56. The number of hydrogen-bond donors (Lipinski definition) is 1. The van der Waals surface area contributed by atoms with Crippen LogP contribution in [0.3, 0.4) is 0 Å². The molecule has 0 saturated carbocycles. The van der Waals surface area contributed by atoms with E-state index in [0.29, 0.717) is 17.7 Å². The van der Waals surface area contributed by atoms with Crippen molar-refractivity contribution < 1.29 is 0 Å². The van der Waals surface area contributed by atoms with Crippen molar-refractivity contribution in [2.75, 3.05) is 17.3 Å². The van der Waals surface area contributed by atoms with Crippen molar-refractivity contribution in [3.63, 3.8) is 0 Å². The molecule has 0 radical (unpaired) electrons. The quantitative estimate of drug-likeness (QED) is 0.619. The van der Waals surface area contributed by atoms with Crippen LogP contribution in [0.15, 0.2) is 6.07 Å². The van der Waals surface area contributed by atoms with E-state index in [1.807, 2.05) is 13.1 Å². The van der Waals surface area contributed by atoms with Gasteiger partial charge in [-0.05, 0) is 20.3 Å². The number of nitriles is 1. The third-order valence-corrected chi connectivity index (χ3v) is 2.32. The summed E-state index contributed by atoms with van der Waals surface area (Å²) in [6.07, 6.45) is 3.04. The topological polar surface area (TPSA) is 64.8 Å².